The van der Waals surface area contributed by atoms with Crippen LogP contribution in [0, 0.1) is 5.82 Å². The van der Waals surface area contributed by atoms with E-state index in [1.807, 2.05) is 0 Å². The van der Waals surface area contributed by atoms with Crippen LogP contribution in [0.2, 0.25) is 0 Å². The number of guanidine groups is 1. The molecular formula is C18H24FN5O. The first-order valence-electron chi connectivity index (χ1n) is 8.86. The lowest BCUT2D eigenvalue weighted by molar-refractivity contribution is 0.376. The number of aryl methyl sites for hydroxylation is 1. The van der Waals surface area contributed by atoms with Gasteiger partial charge in [0.15, 0.2) is 5.96 Å². The lowest BCUT2D eigenvalue weighted by Gasteiger charge is -2.20. The predicted molar refractivity (Wildman–Crippen MR) is 94.5 cm³/mol. The van der Waals surface area contributed by atoms with Crippen LogP contribution in [0.5, 0.6) is 0 Å². The largest absolute Gasteiger partial charge is 0.370 e. The van der Waals surface area contributed by atoms with E-state index in [1.54, 1.807) is 12.1 Å². The van der Waals surface area contributed by atoms with Crippen LogP contribution in [0.3, 0.4) is 0 Å². The molecule has 3 rings (SSSR count). The number of hydrogen-bond donors (Lipinski definition) is 1. The number of aliphatic imine (C=N–C) groups is 1. The lowest BCUT2D eigenvalue weighted by Crippen LogP contribution is -2.38. The van der Waals surface area contributed by atoms with Crippen molar-refractivity contribution >= 4 is 5.96 Å². The van der Waals surface area contributed by atoms with Gasteiger partial charge in [-0.05, 0) is 43.5 Å². The Morgan fingerprint density at radius 1 is 1.16 bits per heavy atom. The fourth-order valence-corrected chi connectivity index (χ4v) is 2.90. The fraction of sp³-hybridized carbons (Fsp3) is 0.500. The molecule has 0 unspecified atom stereocenters. The van der Waals surface area contributed by atoms with Crippen molar-refractivity contribution in [3.63, 3.8) is 0 Å². The number of likely N-dealkylation sites (tertiary alicyclic amines) is 1. The van der Waals surface area contributed by atoms with Crippen LogP contribution >= 0.6 is 0 Å². The molecule has 1 saturated heterocycles. The number of halogens is 1. The molecule has 6 nitrogen and oxygen atoms in total. The van der Waals surface area contributed by atoms with Crippen molar-refractivity contribution in [1.82, 2.24) is 15.0 Å². The quantitative estimate of drug-likeness (QED) is 0.512. The Morgan fingerprint density at radius 2 is 1.88 bits per heavy atom. The van der Waals surface area contributed by atoms with Crippen molar-refractivity contribution in [3.8, 4) is 11.4 Å². The Balaban J connectivity index is 1.47. The summed E-state index contributed by atoms with van der Waals surface area (Å²) in [5.41, 5.74) is 6.82. The highest BCUT2D eigenvalue weighted by molar-refractivity contribution is 5.78. The monoisotopic (exact) mass is 345 g/mol. The van der Waals surface area contributed by atoms with E-state index in [1.165, 1.54) is 37.8 Å². The SMILES string of the molecule is NC(=NCCCc1nc(-c2ccc(F)cc2)no1)N1CCCCCC1. The average molecular weight is 345 g/mol. The molecule has 1 fully saturated rings. The van der Waals surface area contributed by atoms with Gasteiger partial charge in [0, 0.05) is 31.6 Å². The molecule has 0 spiro atoms. The van der Waals surface area contributed by atoms with Gasteiger partial charge in [0.1, 0.15) is 5.82 Å². The summed E-state index contributed by atoms with van der Waals surface area (Å²) in [5.74, 6) is 1.39. The topological polar surface area (TPSA) is 80.5 Å². The van der Waals surface area contributed by atoms with Crippen LogP contribution in [0.15, 0.2) is 33.8 Å². The summed E-state index contributed by atoms with van der Waals surface area (Å²) in [6.45, 7) is 2.64. The molecule has 134 valence electrons. The summed E-state index contributed by atoms with van der Waals surface area (Å²) < 4.78 is 18.2. The highest BCUT2D eigenvalue weighted by Crippen LogP contribution is 2.16. The first-order valence-corrected chi connectivity index (χ1v) is 8.86. The lowest BCUT2D eigenvalue weighted by atomic mass is 10.2. The summed E-state index contributed by atoms with van der Waals surface area (Å²) in [4.78, 5) is 11.0. The van der Waals surface area contributed by atoms with E-state index in [0.29, 0.717) is 30.6 Å². The fourth-order valence-electron chi connectivity index (χ4n) is 2.90. The van der Waals surface area contributed by atoms with Crippen molar-refractivity contribution in [2.45, 2.75) is 38.5 Å². The van der Waals surface area contributed by atoms with E-state index in [4.69, 9.17) is 10.3 Å². The maximum Gasteiger partial charge on any atom is 0.227 e. The molecule has 1 aromatic carbocycles. The standard InChI is InChI=1S/C18H24FN5O/c19-15-9-7-14(8-10-15)17-22-16(25-23-17)6-5-11-21-18(20)24-12-3-1-2-4-13-24/h7-10H,1-6,11-13H2,(H2,20,21). The van der Waals surface area contributed by atoms with Crippen LogP contribution in [-0.2, 0) is 6.42 Å². The van der Waals surface area contributed by atoms with Gasteiger partial charge in [0.2, 0.25) is 11.7 Å². The van der Waals surface area contributed by atoms with Gasteiger partial charge in [0.05, 0.1) is 0 Å². The van der Waals surface area contributed by atoms with Crippen LogP contribution in [-0.4, -0.2) is 40.6 Å². The highest BCUT2D eigenvalue weighted by Gasteiger charge is 2.11. The van der Waals surface area contributed by atoms with Crippen molar-refractivity contribution in [2.75, 3.05) is 19.6 Å². The molecule has 2 heterocycles. The second-order valence-electron chi connectivity index (χ2n) is 6.26. The first kappa shape index (κ1) is 17.4. The molecule has 25 heavy (non-hydrogen) atoms. The minimum atomic E-state index is -0.285. The smallest absolute Gasteiger partial charge is 0.227 e. The Labute approximate surface area is 146 Å². The number of rotatable bonds is 5. The van der Waals surface area contributed by atoms with Gasteiger partial charge >= 0.3 is 0 Å². The van der Waals surface area contributed by atoms with Crippen molar-refractivity contribution in [1.29, 1.82) is 0 Å². The van der Waals surface area contributed by atoms with Gasteiger partial charge in [-0.2, -0.15) is 4.98 Å². The Kier molecular flexibility index (Phi) is 5.98. The molecule has 0 atom stereocenters. The Hall–Kier alpha value is -2.44. The van der Waals surface area contributed by atoms with Crippen LogP contribution in [0.25, 0.3) is 11.4 Å². The van der Waals surface area contributed by atoms with E-state index in [9.17, 15) is 4.39 Å². The Morgan fingerprint density at radius 3 is 2.60 bits per heavy atom. The molecule has 1 aliphatic heterocycles. The van der Waals surface area contributed by atoms with Gasteiger partial charge in [-0.15, -0.1) is 0 Å². The summed E-state index contributed by atoms with van der Waals surface area (Å²) in [5, 5.41) is 3.94. The molecule has 2 N–H and O–H groups in total. The van der Waals surface area contributed by atoms with Gasteiger partial charge in [-0.25, -0.2) is 4.39 Å². The highest BCUT2D eigenvalue weighted by atomic mass is 19.1. The molecule has 0 aliphatic carbocycles. The third-order valence-corrected chi connectivity index (χ3v) is 4.32. The third kappa shape index (κ3) is 5.01. The van der Waals surface area contributed by atoms with E-state index < -0.39 is 0 Å². The van der Waals surface area contributed by atoms with E-state index in [0.717, 1.165) is 25.1 Å². The minimum Gasteiger partial charge on any atom is -0.370 e. The molecule has 1 aliphatic rings. The van der Waals surface area contributed by atoms with E-state index in [-0.39, 0.29) is 5.82 Å². The number of benzene rings is 1. The van der Waals surface area contributed by atoms with Gasteiger partial charge in [-0.3, -0.25) is 4.99 Å². The number of aromatic nitrogens is 2. The Bertz CT molecular complexity index is 690. The molecule has 2 aromatic rings. The van der Waals surface area contributed by atoms with Crippen molar-refractivity contribution < 1.29 is 8.91 Å². The second-order valence-corrected chi connectivity index (χ2v) is 6.26. The van der Waals surface area contributed by atoms with E-state index in [2.05, 4.69) is 20.0 Å². The van der Waals surface area contributed by atoms with Crippen LogP contribution in [0.1, 0.15) is 38.0 Å². The predicted octanol–water partition coefficient (Wildman–Crippen LogP) is 3.00. The zero-order valence-corrected chi connectivity index (χ0v) is 14.3. The normalized spacial score (nSPS) is 16.0. The molecule has 1 aromatic heterocycles. The number of nitrogens with zero attached hydrogens (tertiary/aromatic N) is 4. The zero-order valence-electron chi connectivity index (χ0n) is 14.3. The third-order valence-electron chi connectivity index (χ3n) is 4.32. The van der Waals surface area contributed by atoms with E-state index >= 15 is 0 Å². The molecule has 0 radical (unpaired) electrons. The summed E-state index contributed by atoms with van der Waals surface area (Å²) in [6.07, 6.45) is 6.36. The molecular weight excluding hydrogens is 321 g/mol. The van der Waals surface area contributed by atoms with Gasteiger partial charge in [-0.1, -0.05) is 18.0 Å². The zero-order chi connectivity index (χ0) is 17.5. The molecule has 0 amide bonds. The number of hydrogen-bond acceptors (Lipinski definition) is 4. The maximum atomic E-state index is 12.9. The summed E-state index contributed by atoms with van der Waals surface area (Å²) in [7, 11) is 0. The van der Waals surface area contributed by atoms with Crippen molar-refractivity contribution in [2.24, 2.45) is 10.7 Å². The molecule has 7 heteroatoms. The minimum absolute atomic E-state index is 0.285. The van der Waals surface area contributed by atoms with Crippen LogP contribution < -0.4 is 5.73 Å². The number of nitrogens with two attached hydrogens (primary N) is 1. The second kappa shape index (κ2) is 8.60. The molecule has 0 bridgehead atoms. The maximum absolute atomic E-state index is 12.9. The average Bonchev–Trinajstić information content (AvgIpc) is 2.92. The van der Waals surface area contributed by atoms with Crippen molar-refractivity contribution in [3.05, 3.63) is 36.0 Å². The molecule has 0 saturated carbocycles. The van der Waals surface area contributed by atoms with Gasteiger partial charge in [0.25, 0.3) is 0 Å². The first-order chi connectivity index (χ1) is 12.2. The summed E-state index contributed by atoms with van der Waals surface area (Å²) in [6, 6.07) is 6.03. The van der Waals surface area contributed by atoms with Crippen LogP contribution in [0.4, 0.5) is 4.39 Å². The summed E-state index contributed by atoms with van der Waals surface area (Å²) >= 11 is 0. The van der Waals surface area contributed by atoms with Gasteiger partial charge < -0.3 is 15.2 Å².